The Kier molecular flexibility index (Phi) is 10.3. The average molecular weight is 234 g/mol. The number of hydrogen-bond donors (Lipinski definition) is 2. The molecule has 0 fully saturated rings. The fraction of sp³-hybridized carbons (Fsp3) is 0.900. The van der Waals surface area contributed by atoms with Crippen molar-refractivity contribution in [3.63, 3.8) is 0 Å². The van der Waals surface area contributed by atoms with E-state index in [2.05, 4.69) is 0 Å². The molecule has 0 amide bonds. The predicted octanol–water partition coefficient (Wildman–Crippen LogP) is -0.615. The summed E-state index contributed by atoms with van der Waals surface area (Å²) in [4.78, 5) is 12.2. The van der Waals surface area contributed by atoms with Crippen LogP contribution in [0.1, 0.15) is 6.42 Å². The van der Waals surface area contributed by atoms with Gasteiger partial charge >= 0.3 is 5.97 Å². The van der Waals surface area contributed by atoms with Gasteiger partial charge in [0.2, 0.25) is 0 Å². The SMILES string of the molecule is CN(CCOCCOCCN)CCC(=O)O. The van der Waals surface area contributed by atoms with Crippen LogP contribution in [-0.2, 0) is 14.3 Å². The third-order valence-electron chi connectivity index (χ3n) is 1.96. The van der Waals surface area contributed by atoms with Gasteiger partial charge in [0.25, 0.3) is 0 Å². The van der Waals surface area contributed by atoms with Gasteiger partial charge in [-0.1, -0.05) is 0 Å². The van der Waals surface area contributed by atoms with E-state index in [1.165, 1.54) is 0 Å². The van der Waals surface area contributed by atoms with E-state index < -0.39 is 5.97 Å². The monoisotopic (exact) mass is 234 g/mol. The van der Waals surface area contributed by atoms with E-state index in [-0.39, 0.29) is 6.42 Å². The minimum Gasteiger partial charge on any atom is -0.481 e. The number of aliphatic carboxylic acids is 1. The highest BCUT2D eigenvalue weighted by molar-refractivity contribution is 5.66. The first-order valence-electron chi connectivity index (χ1n) is 5.42. The lowest BCUT2D eigenvalue weighted by molar-refractivity contribution is -0.137. The van der Waals surface area contributed by atoms with Crippen molar-refractivity contribution in [1.82, 2.24) is 4.90 Å². The van der Waals surface area contributed by atoms with Gasteiger partial charge in [0.15, 0.2) is 0 Å². The molecule has 0 heterocycles. The quantitative estimate of drug-likeness (QED) is 0.464. The zero-order valence-corrected chi connectivity index (χ0v) is 9.85. The van der Waals surface area contributed by atoms with Gasteiger partial charge in [-0.25, -0.2) is 0 Å². The Morgan fingerprint density at radius 1 is 1.19 bits per heavy atom. The van der Waals surface area contributed by atoms with Crippen molar-refractivity contribution >= 4 is 5.97 Å². The Bertz CT molecular complexity index is 178. The highest BCUT2D eigenvalue weighted by atomic mass is 16.5. The number of nitrogens with zero attached hydrogens (tertiary/aromatic N) is 1. The summed E-state index contributed by atoms with van der Waals surface area (Å²) in [5.41, 5.74) is 5.25. The molecule has 3 N–H and O–H groups in total. The van der Waals surface area contributed by atoms with Gasteiger partial charge in [-0.3, -0.25) is 4.79 Å². The van der Waals surface area contributed by atoms with E-state index in [1.54, 1.807) is 0 Å². The molecule has 96 valence electrons. The first kappa shape index (κ1) is 15.3. The molecule has 0 aliphatic rings. The summed E-state index contributed by atoms with van der Waals surface area (Å²) in [5, 5.41) is 8.47. The van der Waals surface area contributed by atoms with E-state index in [9.17, 15) is 4.79 Å². The van der Waals surface area contributed by atoms with Gasteiger partial charge in [0, 0.05) is 19.6 Å². The molecule has 0 saturated carbocycles. The van der Waals surface area contributed by atoms with Gasteiger partial charge in [-0.05, 0) is 7.05 Å². The molecule has 0 bridgehead atoms. The standard InChI is InChI=1S/C10H22N2O4/c1-12(4-2-10(13)14)5-7-16-9-8-15-6-3-11/h2-9,11H2,1H3,(H,13,14). The molecule has 0 radical (unpaired) electrons. The molecule has 0 aromatic rings. The lowest BCUT2D eigenvalue weighted by Gasteiger charge is -2.15. The molecule has 0 aromatic carbocycles. The van der Waals surface area contributed by atoms with Gasteiger partial charge in [0.05, 0.1) is 32.8 Å². The maximum absolute atomic E-state index is 10.3. The second-order valence-corrected chi connectivity index (χ2v) is 3.46. The smallest absolute Gasteiger partial charge is 0.304 e. The van der Waals surface area contributed by atoms with E-state index in [0.29, 0.717) is 39.5 Å². The first-order chi connectivity index (χ1) is 7.66. The fourth-order valence-corrected chi connectivity index (χ4v) is 1.02. The van der Waals surface area contributed by atoms with Crippen molar-refractivity contribution < 1.29 is 19.4 Å². The van der Waals surface area contributed by atoms with E-state index >= 15 is 0 Å². The van der Waals surface area contributed by atoms with Crippen molar-refractivity contribution in [1.29, 1.82) is 0 Å². The highest BCUT2D eigenvalue weighted by Crippen LogP contribution is 1.88. The summed E-state index contributed by atoms with van der Waals surface area (Å²) in [6, 6.07) is 0. The number of carbonyl (C=O) groups is 1. The first-order valence-corrected chi connectivity index (χ1v) is 5.42. The molecule has 6 nitrogen and oxygen atoms in total. The maximum Gasteiger partial charge on any atom is 0.304 e. The molecule has 0 aliphatic carbocycles. The van der Waals surface area contributed by atoms with Crippen molar-refractivity contribution in [2.24, 2.45) is 5.73 Å². The van der Waals surface area contributed by atoms with Crippen LogP contribution in [0.5, 0.6) is 0 Å². The van der Waals surface area contributed by atoms with Crippen LogP contribution in [0.3, 0.4) is 0 Å². The number of carboxylic acid groups (broad SMARTS) is 1. The summed E-state index contributed by atoms with van der Waals surface area (Å²) in [6.07, 6.45) is 0.163. The molecule has 0 unspecified atom stereocenters. The molecule has 0 saturated heterocycles. The van der Waals surface area contributed by atoms with Gasteiger partial charge in [-0.2, -0.15) is 0 Å². The van der Waals surface area contributed by atoms with Crippen LogP contribution in [0.2, 0.25) is 0 Å². The van der Waals surface area contributed by atoms with Gasteiger partial charge < -0.3 is 25.2 Å². The molecule has 0 rings (SSSR count). The molecule has 16 heavy (non-hydrogen) atoms. The topological polar surface area (TPSA) is 85.0 Å². The zero-order chi connectivity index (χ0) is 12.2. The van der Waals surface area contributed by atoms with E-state index in [0.717, 1.165) is 6.54 Å². The van der Waals surface area contributed by atoms with Crippen LogP contribution in [0.4, 0.5) is 0 Å². The van der Waals surface area contributed by atoms with E-state index in [1.807, 2.05) is 11.9 Å². The third kappa shape index (κ3) is 11.4. The molecule has 0 aliphatic heterocycles. The number of rotatable bonds is 11. The van der Waals surface area contributed by atoms with Crippen molar-refractivity contribution in [3.8, 4) is 0 Å². The van der Waals surface area contributed by atoms with Crippen LogP contribution in [0, 0.1) is 0 Å². The number of ether oxygens (including phenoxy) is 2. The van der Waals surface area contributed by atoms with Crippen LogP contribution in [0.15, 0.2) is 0 Å². The van der Waals surface area contributed by atoms with Crippen molar-refractivity contribution in [3.05, 3.63) is 0 Å². The fourth-order valence-electron chi connectivity index (χ4n) is 1.02. The average Bonchev–Trinajstić information content (AvgIpc) is 2.25. The lowest BCUT2D eigenvalue weighted by atomic mass is 10.4. The van der Waals surface area contributed by atoms with Crippen LogP contribution < -0.4 is 5.73 Å². The Hall–Kier alpha value is -0.690. The Morgan fingerprint density at radius 2 is 1.81 bits per heavy atom. The number of carboxylic acids is 1. The molecular formula is C10H22N2O4. The summed E-state index contributed by atoms with van der Waals surface area (Å²) >= 11 is 0. The maximum atomic E-state index is 10.3. The predicted molar refractivity (Wildman–Crippen MR) is 60.4 cm³/mol. The molecule has 0 atom stereocenters. The van der Waals surface area contributed by atoms with Crippen molar-refractivity contribution in [2.75, 3.05) is 53.1 Å². The van der Waals surface area contributed by atoms with Crippen LogP contribution >= 0.6 is 0 Å². The molecule has 6 heteroatoms. The van der Waals surface area contributed by atoms with E-state index in [4.69, 9.17) is 20.3 Å². The number of hydrogen-bond acceptors (Lipinski definition) is 5. The molecule has 0 aromatic heterocycles. The summed E-state index contributed by atoms with van der Waals surface area (Å²) in [7, 11) is 1.87. The van der Waals surface area contributed by atoms with Crippen molar-refractivity contribution in [2.45, 2.75) is 6.42 Å². The van der Waals surface area contributed by atoms with Crippen LogP contribution in [0.25, 0.3) is 0 Å². The summed E-state index contributed by atoms with van der Waals surface area (Å²) in [5.74, 6) is -0.775. The minimum atomic E-state index is -0.775. The number of likely N-dealkylation sites (N-methyl/N-ethyl adjacent to an activating group) is 1. The summed E-state index contributed by atoms with van der Waals surface area (Å²) in [6.45, 7) is 4.04. The van der Waals surface area contributed by atoms with Gasteiger partial charge in [-0.15, -0.1) is 0 Å². The Labute approximate surface area is 96.3 Å². The molecule has 0 spiro atoms. The lowest BCUT2D eigenvalue weighted by Crippen LogP contribution is -2.26. The van der Waals surface area contributed by atoms with Crippen LogP contribution in [-0.4, -0.2) is 69.1 Å². The summed E-state index contributed by atoms with van der Waals surface area (Å²) < 4.78 is 10.4. The third-order valence-corrected chi connectivity index (χ3v) is 1.96. The minimum absolute atomic E-state index is 0.163. The second kappa shape index (κ2) is 10.8. The normalized spacial score (nSPS) is 10.9. The number of nitrogens with two attached hydrogens (primary N) is 1. The Balaban J connectivity index is 3.15. The Morgan fingerprint density at radius 3 is 2.38 bits per heavy atom. The zero-order valence-electron chi connectivity index (χ0n) is 9.85. The second-order valence-electron chi connectivity index (χ2n) is 3.46. The van der Waals surface area contributed by atoms with Gasteiger partial charge in [0.1, 0.15) is 0 Å². The highest BCUT2D eigenvalue weighted by Gasteiger charge is 2.01. The molecular weight excluding hydrogens is 212 g/mol. The largest absolute Gasteiger partial charge is 0.481 e.